The lowest BCUT2D eigenvalue weighted by Gasteiger charge is -2.20. The van der Waals surface area contributed by atoms with Crippen LogP contribution in [0.4, 0.5) is 0 Å². The first-order valence-electron chi connectivity index (χ1n) is 7.09. The zero-order valence-corrected chi connectivity index (χ0v) is 13.6. The van der Waals surface area contributed by atoms with Gasteiger partial charge >= 0.3 is 0 Å². The highest BCUT2D eigenvalue weighted by Crippen LogP contribution is 2.28. The van der Waals surface area contributed by atoms with E-state index in [4.69, 9.17) is 9.84 Å². The lowest BCUT2D eigenvalue weighted by atomic mass is 10.2. The summed E-state index contributed by atoms with van der Waals surface area (Å²) in [5.41, 5.74) is 1.72. The molecule has 0 radical (unpaired) electrons. The van der Waals surface area contributed by atoms with Crippen molar-refractivity contribution in [1.29, 1.82) is 0 Å². The summed E-state index contributed by atoms with van der Waals surface area (Å²) in [7, 11) is 1.59. The third-order valence-electron chi connectivity index (χ3n) is 3.23. The molecule has 5 nitrogen and oxygen atoms in total. The molecule has 1 aromatic carbocycles. The van der Waals surface area contributed by atoms with Crippen molar-refractivity contribution >= 4 is 17.2 Å². The lowest BCUT2D eigenvalue weighted by molar-refractivity contribution is 0.0660. The fraction of sp³-hybridized carbons (Fsp3) is 0.375. The number of aryl methyl sites for hydroxylation is 1. The van der Waals surface area contributed by atoms with Crippen molar-refractivity contribution in [2.24, 2.45) is 0 Å². The molecule has 0 atom stereocenters. The highest BCUT2D eigenvalue weighted by atomic mass is 32.1. The summed E-state index contributed by atoms with van der Waals surface area (Å²) in [5.74, 6) is -0.108. The predicted molar refractivity (Wildman–Crippen MR) is 87.2 cm³/mol. The number of carbonyl (C=O) groups is 1. The summed E-state index contributed by atoms with van der Waals surface area (Å²) >= 11 is 1.38. The molecule has 1 N–H and O–H groups in total. The minimum Gasteiger partial charge on any atom is -0.395 e. The quantitative estimate of drug-likeness (QED) is 0.849. The summed E-state index contributed by atoms with van der Waals surface area (Å²) in [5, 5.41) is 9.97. The number of amides is 1. The van der Waals surface area contributed by atoms with Crippen molar-refractivity contribution in [3.8, 4) is 10.6 Å². The van der Waals surface area contributed by atoms with Crippen LogP contribution in [-0.4, -0.2) is 54.3 Å². The molecule has 22 heavy (non-hydrogen) atoms. The normalized spacial score (nSPS) is 10.7. The average molecular weight is 320 g/mol. The number of rotatable bonds is 7. The van der Waals surface area contributed by atoms with Crippen LogP contribution in [0.25, 0.3) is 10.6 Å². The molecule has 0 unspecified atom stereocenters. The van der Waals surface area contributed by atoms with Crippen molar-refractivity contribution in [2.45, 2.75) is 6.92 Å². The first kappa shape index (κ1) is 16.6. The van der Waals surface area contributed by atoms with E-state index in [1.807, 2.05) is 37.3 Å². The molecule has 1 aromatic heterocycles. The van der Waals surface area contributed by atoms with Gasteiger partial charge in [-0.3, -0.25) is 4.79 Å². The molecule has 2 rings (SSSR count). The topological polar surface area (TPSA) is 62.7 Å². The average Bonchev–Trinajstić information content (AvgIpc) is 2.93. The lowest BCUT2D eigenvalue weighted by Crippen LogP contribution is -2.36. The highest BCUT2D eigenvalue weighted by molar-refractivity contribution is 7.17. The zero-order valence-electron chi connectivity index (χ0n) is 12.8. The second-order valence-electron chi connectivity index (χ2n) is 4.81. The minimum atomic E-state index is -0.108. The number of hydrogen-bond acceptors (Lipinski definition) is 5. The summed E-state index contributed by atoms with van der Waals surface area (Å²) in [6.45, 7) is 2.95. The summed E-state index contributed by atoms with van der Waals surface area (Å²) < 4.78 is 5.02. The minimum absolute atomic E-state index is 0.0706. The first-order chi connectivity index (χ1) is 10.7. The Balaban J connectivity index is 2.23. The second kappa shape index (κ2) is 8.03. The maximum atomic E-state index is 12.6. The Morgan fingerprint density at radius 3 is 2.68 bits per heavy atom. The number of methoxy groups -OCH3 is 1. The van der Waals surface area contributed by atoms with Crippen molar-refractivity contribution in [3.05, 3.63) is 40.9 Å². The van der Waals surface area contributed by atoms with Gasteiger partial charge in [0.25, 0.3) is 5.91 Å². The smallest absolute Gasteiger partial charge is 0.266 e. The Morgan fingerprint density at radius 2 is 2.05 bits per heavy atom. The molecule has 0 aliphatic rings. The second-order valence-corrected chi connectivity index (χ2v) is 5.81. The van der Waals surface area contributed by atoms with Crippen LogP contribution in [0, 0.1) is 6.92 Å². The Bertz CT molecular complexity index is 613. The molecule has 2 aromatic rings. The van der Waals surface area contributed by atoms with E-state index in [0.29, 0.717) is 30.3 Å². The van der Waals surface area contributed by atoms with Gasteiger partial charge < -0.3 is 14.7 Å². The number of aromatic nitrogens is 1. The summed E-state index contributed by atoms with van der Waals surface area (Å²) in [6.07, 6.45) is 0. The third-order valence-corrected chi connectivity index (χ3v) is 4.43. The standard InChI is InChI=1S/C16H20N2O3S/c1-12-14(16(20)18(8-10-19)9-11-21-2)22-15(17-12)13-6-4-3-5-7-13/h3-7,19H,8-11H2,1-2H3. The van der Waals surface area contributed by atoms with Crippen LogP contribution in [0.2, 0.25) is 0 Å². The Kier molecular flexibility index (Phi) is 6.06. The van der Waals surface area contributed by atoms with Gasteiger partial charge in [-0.1, -0.05) is 30.3 Å². The van der Waals surface area contributed by atoms with Crippen molar-refractivity contribution in [3.63, 3.8) is 0 Å². The predicted octanol–water partition coefficient (Wildman–Crippen LogP) is 2.20. The van der Waals surface area contributed by atoms with E-state index in [9.17, 15) is 4.79 Å². The monoisotopic (exact) mass is 320 g/mol. The molecular weight excluding hydrogens is 300 g/mol. The number of aliphatic hydroxyl groups excluding tert-OH is 1. The van der Waals surface area contributed by atoms with Gasteiger partial charge in [-0.2, -0.15) is 0 Å². The number of nitrogens with zero attached hydrogens (tertiary/aromatic N) is 2. The zero-order chi connectivity index (χ0) is 15.9. The number of thiazole rings is 1. The molecule has 1 heterocycles. The van der Waals surface area contributed by atoms with Crippen molar-refractivity contribution in [2.75, 3.05) is 33.4 Å². The number of carbonyl (C=O) groups excluding carboxylic acids is 1. The maximum absolute atomic E-state index is 12.6. The molecule has 0 aliphatic heterocycles. The molecule has 0 bridgehead atoms. The number of aliphatic hydroxyl groups is 1. The molecule has 0 aliphatic carbocycles. The molecule has 1 amide bonds. The third kappa shape index (κ3) is 3.91. The van der Waals surface area contributed by atoms with Gasteiger partial charge in [-0.15, -0.1) is 11.3 Å². The SMILES string of the molecule is COCCN(CCO)C(=O)c1sc(-c2ccccc2)nc1C. The Hall–Kier alpha value is -1.76. The van der Waals surface area contributed by atoms with E-state index in [1.165, 1.54) is 11.3 Å². The maximum Gasteiger partial charge on any atom is 0.266 e. The molecule has 6 heteroatoms. The van der Waals surface area contributed by atoms with Gasteiger partial charge in [-0.25, -0.2) is 4.98 Å². The Labute approximate surface area is 134 Å². The van der Waals surface area contributed by atoms with Gasteiger partial charge in [0.05, 0.1) is 18.9 Å². The molecule has 118 valence electrons. The van der Waals surface area contributed by atoms with E-state index >= 15 is 0 Å². The summed E-state index contributed by atoms with van der Waals surface area (Å²) in [4.78, 5) is 19.3. The number of hydrogen-bond donors (Lipinski definition) is 1. The highest BCUT2D eigenvalue weighted by Gasteiger charge is 2.21. The van der Waals surface area contributed by atoms with E-state index in [-0.39, 0.29) is 12.5 Å². The van der Waals surface area contributed by atoms with E-state index in [1.54, 1.807) is 12.0 Å². The van der Waals surface area contributed by atoms with Gasteiger partial charge in [-0.05, 0) is 6.92 Å². The molecule has 0 saturated carbocycles. The Morgan fingerprint density at radius 1 is 1.32 bits per heavy atom. The van der Waals surface area contributed by atoms with Crippen LogP contribution in [0.5, 0.6) is 0 Å². The van der Waals surface area contributed by atoms with Gasteiger partial charge in [0.1, 0.15) is 9.88 Å². The van der Waals surface area contributed by atoms with Gasteiger partial charge in [0, 0.05) is 25.8 Å². The van der Waals surface area contributed by atoms with Gasteiger partial charge in [0.2, 0.25) is 0 Å². The van der Waals surface area contributed by atoms with Crippen LogP contribution >= 0.6 is 11.3 Å². The van der Waals surface area contributed by atoms with Crippen LogP contribution in [0.1, 0.15) is 15.4 Å². The van der Waals surface area contributed by atoms with E-state index in [0.717, 1.165) is 10.6 Å². The largest absolute Gasteiger partial charge is 0.395 e. The number of ether oxygens (including phenoxy) is 1. The molecule has 0 spiro atoms. The van der Waals surface area contributed by atoms with Crippen LogP contribution in [0.3, 0.4) is 0 Å². The fourth-order valence-corrected chi connectivity index (χ4v) is 3.12. The fourth-order valence-electron chi connectivity index (χ4n) is 2.08. The van der Waals surface area contributed by atoms with Gasteiger partial charge in [0.15, 0.2) is 0 Å². The molecule has 0 fully saturated rings. The van der Waals surface area contributed by atoms with Crippen molar-refractivity contribution in [1.82, 2.24) is 9.88 Å². The molecule has 0 saturated heterocycles. The summed E-state index contributed by atoms with van der Waals surface area (Å²) in [6, 6.07) is 9.80. The number of benzene rings is 1. The van der Waals surface area contributed by atoms with E-state index in [2.05, 4.69) is 4.98 Å². The van der Waals surface area contributed by atoms with Crippen LogP contribution in [-0.2, 0) is 4.74 Å². The van der Waals surface area contributed by atoms with E-state index < -0.39 is 0 Å². The van der Waals surface area contributed by atoms with Crippen LogP contribution < -0.4 is 0 Å². The van der Waals surface area contributed by atoms with Crippen LogP contribution in [0.15, 0.2) is 30.3 Å². The first-order valence-corrected chi connectivity index (χ1v) is 7.91. The van der Waals surface area contributed by atoms with Crippen molar-refractivity contribution < 1.29 is 14.6 Å². The molecular formula is C16H20N2O3S.